The molecule has 7 nitrogen and oxygen atoms in total. The van der Waals surface area contributed by atoms with E-state index in [9.17, 15) is 14.4 Å². The molecule has 28 heavy (non-hydrogen) atoms. The molecule has 0 saturated heterocycles. The van der Waals surface area contributed by atoms with Crippen molar-refractivity contribution in [3.8, 4) is 6.07 Å². The number of amides is 2. The summed E-state index contributed by atoms with van der Waals surface area (Å²) >= 11 is 2.69. The number of hydrogen-bond donors (Lipinski definition) is 1. The van der Waals surface area contributed by atoms with E-state index in [1.54, 1.807) is 16.3 Å². The van der Waals surface area contributed by atoms with Crippen molar-refractivity contribution in [1.82, 2.24) is 0 Å². The maximum Gasteiger partial charge on any atom is 0.308 e. The van der Waals surface area contributed by atoms with Gasteiger partial charge in [0.2, 0.25) is 5.91 Å². The number of hydrogen-bond acceptors (Lipinski definition) is 7. The minimum Gasteiger partial charge on any atom is -0.452 e. The van der Waals surface area contributed by atoms with Crippen LogP contribution in [0, 0.1) is 11.3 Å². The van der Waals surface area contributed by atoms with Crippen LogP contribution >= 0.6 is 23.1 Å². The highest BCUT2D eigenvalue weighted by Crippen LogP contribution is 2.34. The summed E-state index contributed by atoms with van der Waals surface area (Å²) in [6.07, 6.45) is -1.04. The maximum absolute atomic E-state index is 12.2. The maximum atomic E-state index is 12.2. The van der Waals surface area contributed by atoms with Crippen molar-refractivity contribution < 1.29 is 19.1 Å². The molecule has 3 rings (SSSR count). The van der Waals surface area contributed by atoms with Crippen molar-refractivity contribution in [2.24, 2.45) is 0 Å². The van der Waals surface area contributed by atoms with Gasteiger partial charge in [0.05, 0.1) is 23.4 Å². The number of benzene rings is 1. The molecule has 2 aromatic rings. The van der Waals surface area contributed by atoms with E-state index in [1.165, 1.54) is 30.0 Å². The zero-order valence-electron chi connectivity index (χ0n) is 15.0. The number of thiophene rings is 1. The average molecular weight is 415 g/mol. The largest absolute Gasteiger partial charge is 0.452 e. The highest BCUT2D eigenvalue weighted by Gasteiger charge is 2.26. The molecular formula is C19H17N3O4S2. The second kappa shape index (κ2) is 8.91. The second-order valence-corrected chi connectivity index (χ2v) is 7.88. The number of rotatable bonds is 6. The first-order valence-electron chi connectivity index (χ1n) is 8.49. The van der Waals surface area contributed by atoms with Crippen molar-refractivity contribution in [3.05, 3.63) is 41.3 Å². The number of para-hydroxylation sites is 1. The molecule has 0 saturated carbocycles. The van der Waals surface area contributed by atoms with Crippen LogP contribution in [-0.2, 0) is 19.1 Å². The lowest BCUT2D eigenvalue weighted by atomic mass is 10.2. The number of thioether (sulfide) groups is 1. The minimum absolute atomic E-state index is 0.0230. The lowest BCUT2D eigenvalue weighted by molar-refractivity contribution is -0.152. The topological polar surface area (TPSA) is 99.5 Å². The Kier molecular flexibility index (Phi) is 6.34. The van der Waals surface area contributed by atoms with Gasteiger partial charge in [0.25, 0.3) is 5.91 Å². The van der Waals surface area contributed by atoms with E-state index in [-0.39, 0.29) is 18.9 Å². The predicted molar refractivity (Wildman–Crippen MR) is 107 cm³/mol. The average Bonchev–Trinajstić information content (AvgIpc) is 3.14. The van der Waals surface area contributed by atoms with Crippen LogP contribution in [0.1, 0.15) is 18.9 Å². The van der Waals surface area contributed by atoms with Crippen LogP contribution in [0.15, 0.2) is 40.6 Å². The molecule has 1 N–H and O–H groups in total. The van der Waals surface area contributed by atoms with E-state index in [1.807, 2.05) is 30.3 Å². The number of fused-ring (bicyclic) bond motifs is 1. The first-order valence-corrected chi connectivity index (χ1v) is 10.4. The Bertz CT molecular complexity index is 951. The van der Waals surface area contributed by atoms with Crippen LogP contribution in [-0.4, -0.2) is 36.2 Å². The Hall–Kier alpha value is -2.83. The summed E-state index contributed by atoms with van der Waals surface area (Å²) in [5.74, 6) is -0.822. The molecule has 144 valence electrons. The van der Waals surface area contributed by atoms with E-state index in [0.717, 1.165) is 10.6 Å². The molecule has 2 heterocycles. The monoisotopic (exact) mass is 415 g/mol. The molecule has 1 aromatic heterocycles. The van der Waals surface area contributed by atoms with Crippen LogP contribution < -0.4 is 10.2 Å². The Balaban J connectivity index is 1.54. The Morgan fingerprint density at radius 3 is 2.93 bits per heavy atom. The van der Waals surface area contributed by atoms with Gasteiger partial charge in [-0.15, -0.1) is 23.1 Å². The zero-order valence-corrected chi connectivity index (χ0v) is 16.6. The van der Waals surface area contributed by atoms with E-state index in [2.05, 4.69) is 5.32 Å². The molecular weight excluding hydrogens is 398 g/mol. The Morgan fingerprint density at radius 2 is 2.14 bits per heavy atom. The molecule has 1 atom stereocenters. The fourth-order valence-electron chi connectivity index (χ4n) is 2.62. The number of carbonyl (C=O) groups is 3. The lowest BCUT2D eigenvalue weighted by Crippen LogP contribution is -2.38. The molecule has 0 spiro atoms. The number of nitrogens with zero attached hydrogens (tertiary/aromatic N) is 2. The van der Waals surface area contributed by atoms with Gasteiger partial charge >= 0.3 is 5.97 Å². The normalized spacial score (nSPS) is 14.0. The second-order valence-electron chi connectivity index (χ2n) is 5.95. The van der Waals surface area contributed by atoms with Crippen LogP contribution in [0.3, 0.4) is 0 Å². The number of esters is 1. The Morgan fingerprint density at radius 1 is 1.36 bits per heavy atom. The standard InChI is InChI=1S/C19H17N3O4S2/c1-12(18(25)21-19-13(10-20)7-9-27-19)26-17(24)6-8-22-14-4-2-3-5-15(14)28-11-16(22)23/h2-5,7,9,12H,6,8,11H2,1H3,(H,21,25)/t12-/m0/s1. The molecule has 0 fully saturated rings. The van der Waals surface area contributed by atoms with Gasteiger partial charge in [-0.25, -0.2) is 0 Å². The number of nitriles is 1. The number of anilines is 2. The van der Waals surface area contributed by atoms with Crippen LogP contribution in [0.2, 0.25) is 0 Å². The summed E-state index contributed by atoms with van der Waals surface area (Å²) in [6.45, 7) is 1.65. The van der Waals surface area contributed by atoms with E-state index >= 15 is 0 Å². The van der Waals surface area contributed by atoms with Gasteiger partial charge in [-0.1, -0.05) is 12.1 Å². The third-order valence-corrected chi connectivity index (χ3v) is 5.93. The molecule has 0 radical (unpaired) electrons. The van der Waals surface area contributed by atoms with Crippen LogP contribution in [0.4, 0.5) is 10.7 Å². The van der Waals surface area contributed by atoms with Crippen molar-refractivity contribution in [1.29, 1.82) is 5.26 Å². The summed E-state index contributed by atoms with van der Waals surface area (Å²) in [5, 5.41) is 13.7. The van der Waals surface area contributed by atoms with Gasteiger partial charge in [0.1, 0.15) is 11.1 Å². The molecule has 0 unspecified atom stereocenters. The predicted octanol–water partition coefficient (Wildman–Crippen LogP) is 3.02. The summed E-state index contributed by atoms with van der Waals surface area (Å²) in [7, 11) is 0. The van der Waals surface area contributed by atoms with Gasteiger partial charge in [0.15, 0.2) is 6.10 Å². The Labute approximate surface area is 170 Å². The van der Waals surface area contributed by atoms with Gasteiger partial charge < -0.3 is 15.0 Å². The number of nitrogens with one attached hydrogen (secondary N) is 1. The fraction of sp³-hybridized carbons (Fsp3) is 0.263. The van der Waals surface area contributed by atoms with Gasteiger partial charge in [-0.2, -0.15) is 5.26 Å². The molecule has 1 aliphatic heterocycles. The first kappa shape index (κ1) is 19.9. The number of carbonyl (C=O) groups excluding carboxylic acids is 3. The van der Waals surface area contributed by atoms with Crippen molar-refractivity contribution in [3.63, 3.8) is 0 Å². The molecule has 2 amide bonds. The SMILES string of the molecule is C[C@H](OC(=O)CCN1C(=O)CSc2ccccc21)C(=O)Nc1sccc1C#N. The fourth-order valence-corrected chi connectivity index (χ4v) is 4.30. The van der Waals surface area contributed by atoms with Crippen molar-refractivity contribution in [2.75, 3.05) is 22.5 Å². The summed E-state index contributed by atoms with van der Waals surface area (Å²) in [5.41, 5.74) is 1.14. The van der Waals surface area contributed by atoms with E-state index in [4.69, 9.17) is 10.00 Å². The van der Waals surface area contributed by atoms with Crippen molar-refractivity contribution >= 4 is 51.6 Å². The molecule has 1 aliphatic rings. The smallest absolute Gasteiger partial charge is 0.308 e. The van der Waals surface area contributed by atoms with Gasteiger partial charge in [0, 0.05) is 11.4 Å². The summed E-state index contributed by atoms with van der Waals surface area (Å²) in [6, 6.07) is 11.1. The highest BCUT2D eigenvalue weighted by atomic mass is 32.2. The van der Waals surface area contributed by atoms with Gasteiger partial charge in [-0.05, 0) is 30.5 Å². The summed E-state index contributed by atoms with van der Waals surface area (Å²) in [4.78, 5) is 39.1. The third-order valence-electron chi connectivity index (χ3n) is 4.05. The highest BCUT2D eigenvalue weighted by molar-refractivity contribution is 8.00. The molecule has 1 aromatic carbocycles. The quantitative estimate of drug-likeness (QED) is 0.728. The molecule has 0 bridgehead atoms. The first-order chi connectivity index (χ1) is 13.5. The minimum atomic E-state index is -1.01. The van der Waals surface area contributed by atoms with E-state index in [0.29, 0.717) is 16.3 Å². The van der Waals surface area contributed by atoms with E-state index < -0.39 is 18.0 Å². The van der Waals surface area contributed by atoms with Crippen LogP contribution in [0.25, 0.3) is 0 Å². The van der Waals surface area contributed by atoms with Gasteiger partial charge in [-0.3, -0.25) is 14.4 Å². The molecule has 0 aliphatic carbocycles. The molecule has 9 heteroatoms. The third kappa shape index (κ3) is 4.52. The van der Waals surface area contributed by atoms with Crippen molar-refractivity contribution in [2.45, 2.75) is 24.3 Å². The summed E-state index contributed by atoms with van der Waals surface area (Å²) < 4.78 is 5.18. The van der Waals surface area contributed by atoms with Crippen LogP contribution in [0.5, 0.6) is 0 Å². The zero-order chi connectivity index (χ0) is 20.1. The number of ether oxygens (including phenoxy) is 1. The lowest BCUT2D eigenvalue weighted by Gasteiger charge is -2.28.